The lowest BCUT2D eigenvalue weighted by Gasteiger charge is -2.16. The van der Waals surface area contributed by atoms with Crippen molar-refractivity contribution in [1.29, 1.82) is 0 Å². The van der Waals surface area contributed by atoms with Crippen molar-refractivity contribution < 1.29 is 14.7 Å². The van der Waals surface area contributed by atoms with Crippen molar-refractivity contribution in [3.8, 4) is 0 Å². The number of carbonyl (C=O) groups excluding carboxylic acids is 1. The van der Waals surface area contributed by atoms with Crippen LogP contribution >= 0.6 is 23.2 Å². The number of hydrogen-bond acceptors (Lipinski definition) is 2. The maximum absolute atomic E-state index is 11.0. The molecule has 0 bridgehead atoms. The van der Waals surface area contributed by atoms with Crippen LogP contribution in [0.15, 0.2) is 18.2 Å². The second-order valence-electron chi connectivity index (χ2n) is 3.55. The van der Waals surface area contributed by atoms with Crippen LogP contribution in [-0.4, -0.2) is 17.0 Å². The SMILES string of the molecule is CC(=O)NC(CC(=O)O)c1cc(Cl)cc(Cl)c1. The molecule has 0 spiro atoms. The number of rotatable bonds is 4. The van der Waals surface area contributed by atoms with Crippen LogP contribution in [0.25, 0.3) is 0 Å². The minimum absolute atomic E-state index is 0.226. The van der Waals surface area contributed by atoms with E-state index in [0.717, 1.165) is 0 Å². The number of halogens is 2. The van der Waals surface area contributed by atoms with E-state index in [1.165, 1.54) is 13.0 Å². The van der Waals surface area contributed by atoms with Gasteiger partial charge in [-0.2, -0.15) is 0 Å². The highest BCUT2D eigenvalue weighted by Crippen LogP contribution is 2.25. The van der Waals surface area contributed by atoms with Crippen molar-refractivity contribution >= 4 is 35.1 Å². The Hall–Kier alpha value is -1.26. The molecule has 0 heterocycles. The molecule has 0 aromatic heterocycles. The van der Waals surface area contributed by atoms with Gasteiger partial charge in [0.1, 0.15) is 0 Å². The highest BCUT2D eigenvalue weighted by Gasteiger charge is 2.17. The molecule has 2 N–H and O–H groups in total. The average molecular weight is 276 g/mol. The van der Waals surface area contributed by atoms with E-state index < -0.39 is 12.0 Å². The zero-order valence-corrected chi connectivity index (χ0v) is 10.5. The van der Waals surface area contributed by atoms with Crippen LogP contribution in [0.4, 0.5) is 0 Å². The molecule has 0 aliphatic heterocycles. The largest absolute Gasteiger partial charge is 0.481 e. The van der Waals surface area contributed by atoms with Crippen LogP contribution in [0.1, 0.15) is 24.9 Å². The summed E-state index contributed by atoms with van der Waals surface area (Å²) in [4.78, 5) is 21.7. The van der Waals surface area contributed by atoms with Crippen LogP contribution in [0.5, 0.6) is 0 Å². The molecule has 4 nitrogen and oxygen atoms in total. The van der Waals surface area contributed by atoms with Crippen LogP contribution in [0.3, 0.4) is 0 Å². The van der Waals surface area contributed by atoms with E-state index in [-0.39, 0.29) is 12.3 Å². The Morgan fingerprint density at radius 3 is 2.24 bits per heavy atom. The molecule has 17 heavy (non-hydrogen) atoms. The fourth-order valence-corrected chi connectivity index (χ4v) is 1.99. The minimum atomic E-state index is -1.01. The molecule has 6 heteroatoms. The number of amides is 1. The molecule has 1 atom stereocenters. The summed E-state index contributed by atoms with van der Waals surface area (Å²) in [5, 5.41) is 12.1. The summed E-state index contributed by atoms with van der Waals surface area (Å²) in [5.74, 6) is -1.33. The molecule has 1 aromatic carbocycles. The highest BCUT2D eigenvalue weighted by molar-refractivity contribution is 6.34. The molecule has 0 saturated carbocycles. The third-order valence-electron chi connectivity index (χ3n) is 2.04. The molecule has 0 radical (unpaired) electrons. The van der Waals surface area contributed by atoms with Gasteiger partial charge in [-0.05, 0) is 23.8 Å². The number of benzene rings is 1. The van der Waals surface area contributed by atoms with Gasteiger partial charge in [0.15, 0.2) is 0 Å². The van der Waals surface area contributed by atoms with Crippen molar-refractivity contribution in [2.24, 2.45) is 0 Å². The summed E-state index contributed by atoms with van der Waals surface area (Å²) < 4.78 is 0. The number of nitrogens with one attached hydrogen (secondary N) is 1. The van der Waals surface area contributed by atoms with E-state index in [2.05, 4.69) is 5.32 Å². The Bertz CT molecular complexity index is 412. The van der Waals surface area contributed by atoms with Gasteiger partial charge in [-0.25, -0.2) is 0 Å². The van der Waals surface area contributed by atoms with Gasteiger partial charge >= 0.3 is 5.97 Å². The lowest BCUT2D eigenvalue weighted by molar-refractivity contribution is -0.137. The smallest absolute Gasteiger partial charge is 0.305 e. The summed E-state index contributed by atoms with van der Waals surface area (Å²) >= 11 is 11.6. The van der Waals surface area contributed by atoms with Gasteiger partial charge in [0.05, 0.1) is 12.5 Å². The number of carboxylic acids is 1. The van der Waals surface area contributed by atoms with Crippen LogP contribution in [0, 0.1) is 0 Å². The fraction of sp³-hybridized carbons (Fsp3) is 0.273. The van der Waals surface area contributed by atoms with Gasteiger partial charge in [0.25, 0.3) is 0 Å². The van der Waals surface area contributed by atoms with E-state index in [1.54, 1.807) is 12.1 Å². The zero-order valence-electron chi connectivity index (χ0n) is 9.04. The van der Waals surface area contributed by atoms with Crippen LogP contribution in [0.2, 0.25) is 10.0 Å². The van der Waals surface area contributed by atoms with Crippen LogP contribution in [-0.2, 0) is 9.59 Å². The predicted molar refractivity (Wildman–Crippen MR) is 65.3 cm³/mol. The van der Waals surface area contributed by atoms with Crippen molar-refractivity contribution in [3.05, 3.63) is 33.8 Å². The Labute approximate surface area is 109 Å². The molecule has 0 saturated heterocycles. The molecule has 1 aromatic rings. The van der Waals surface area contributed by atoms with Gasteiger partial charge in [-0.1, -0.05) is 23.2 Å². The quantitative estimate of drug-likeness (QED) is 0.888. The summed E-state index contributed by atoms with van der Waals surface area (Å²) in [6.45, 7) is 1.32. The first-order valence-electron chi connectivity index (χ1n) is 4.83. The predicted octanol–water partition coefficient (Wildman–Crippen LogP) is 2.65. The number of carbonyl (C=O) groups is 2. The van der Waals surface area contributed by atoms with Crippen molar-refractivity contribution in [3.63, 3.8) is 0 Å². The lowest BCUT2D eigenvalue weighted by atomic mass is 10.0. The van der Waals surface area contributed by atoms with Gasteiger partial charge in [-0.15, -0.1) is 0 Å². The topological polar surface area (TPSA) is 66.4 Å². The van der Waals surface area contributed by atoms with E-state index >= 15 is 0 Å². The standard InChI is InChI=1S/C11H11Cl2NO3/c1-6(15)14-10(5-11(16)17)7-2-8(12)4-9(13)3-7/h2-4,10H,5H2,1H3,(H,14,15)(H,16,17). The average Bonchev–Trinajstić information content (AvgIpc) is 2.13. The lowest BCUT2D eigenvalue weighted by Crippen LogP contribution is -2.28. The van der Waals surface area contributed by atoms with E-state index in [9.17, 15) is 9.59 Å². The third-order valence-corrected chi connectivity index (χ3v) is 2.48. The molecule has 0 aliphatic rings. The summed E-state index contributed by atoms with van der Waals surface area (Å²) in [7, 11) is 0. The summed E-state index contributed by atoms with van der Waals surface area (Å²) in [5.41, 5.74) is 0.570. The van der Waals surface area contributed by atoms with E-state index in [4.69, 9.17) is 28.3 Å². The summed E-state index contributed by atoms with van der Waals surface area (Å²) in [6, 6.07) is 4.06. The molecule has 0 fully saturated rings. The molecule has 92 valence electrons. The van der Waals surface area contributed by atoms with Crippen molar-refractivity contribution in [1.82, 2.24) is 5.32 Å². The van der Waals surface area contributed by atoms with Gasteiger partial charge < -0.3 is 10.4 Å². The van der Waals surface area contributed by atoms with Gasteiger partial charge in [0, 0.05) is 17.0 Å². The van der Waals surface area contributed by atoms with Gasteiger partial charge in [0.2, 0.25) is 5.91 Å². The third kappa shape index (κ3) is 4.63. The summed E-state index contributed by atoms with van der Waals surface area (Å²) in [6.07, 6.45) is -0.226. The van der Waals surface area contributed by atoms with Crippen molar-refractivity contribution in [2.75, 3.05) is 0 Å². The Morgan fingerprint density at radius 2 is 1.82 bits per heavy atom. The first-order chi connectivity index (χ1) is 7.88. The highest BCUT2D eigenvalue weighted by atomic mass is 35.5. The maximum atomic E-state index is 11.0. The second-order valence-corrected chi connectivity index (χ2v) is 4.43. The van der Waals surface area contributed by atoms with E-state index in [1.807, 2.05) is 0 Å². The minimum Gasteiger partial charge on any atom is -0.481 e. The molecular formula is C11H11Cl2NO3. The first kappa shape index (κ1) is 13.8. The molecule has 1 unspecified atom stereocenters. The number of carboxylic acid groups (broad SMARTS) is 1. The van der Waals surface area contributed by atoms with E-state index in [0.29, 0.717) is 15.6 Å². The number of aliphatic carboxylic acids is 1. The Balaban J connectivity index is 3.02. The van der Waals surface area contributed by atoms with Crippen molar-refractivity contribution in [2.45, 2.75) is 19.4 Å². The molecule has 1 amide bonds. The monoisotopic (exact) mass is 275 g/mol. The Morgan fingerprint density at radius 1 is 1.29 bits per heavy atom. The number of hydrogen-bond donors (Lipinski definition) is 2. The molecule has 0 aliphatic carbocycles. The zero-order chi connectivity index (χ0) is 13.0. The Kier molecular flexibility index (Phi) is 4.78. The maximum Gasteiger partial charge on any atom is 0.305 e. The normalized spacial score (nSPS) is 11.9. The first-order valence-corrected chi connectivity index (χ1v) is 5.59. The van der Waals surface area contributed by atoms with Crippen LogP contribution < -0.4 is 5.32 Å². The molecular weight excluding hydrogens is 265 g/mol. The fourth-order valence-electron chi connectivity index (χ4n) is 1.45. The second kappa shape index (κ2) is 5.89. The van der Waals surface area contributed by atoms with Gasteiger partial charge in [-0.3, -0.25) is 9.59 Å². The molecule has 1 rings (SSSR count).